The zero-order valence-corrected chi connectivity index (χ0v) is 14.8. The zero-order valence-electron chi connectivity index (χ0n) is 14.8. The Bertz CT molecular complexity index is 779. The van der Waals surface area contributed by atoms with E-state index < -0.39 is 11.9 Å². The van der Waals surface area contributed by atoms with E-state index in [9.17, 15) is 0 Å². The molecule has 0 radical (unpaired) electrons. The lowest BCUT2D eigenvalue weighted by Gasteiger charge is -2.07. The summed E-state index contributed by atoms with van der Waals surface area (Å²) < 4.78 is 15.9. The van der Waals surface area contributed by atoms with E-state index in [1.54, 1.807) is 7.11 Å². The minimum Gasteiger partial charge on any atom is -0.497 e. The molecule has 2 aromatic carbocycles. The third kappa shape index (κ3) is 6.52. The molecule has 1 aliphatic rings. The van der Waals surface area contributed by atoms with Crippen LogP contribution in [0.3, 0.4) is 0 Å². The molecule has 0 atom stereocenters. The van der Waals surface area contributed by atoms with Crippen LogP contribution in [0.4, 0.5) is 0 Å². The van der Waals surface area contributed by atoms with Gasteiger partial charge in [-0.25, -0.2) is 9.59 Å². The van der Waals surface area contributed by atoms with Crippen molar-refractivity contribution < 1.29 is 34.0 Å². The third-order valence-corrected chi connectivity index (χ3v) is 3.67. The normalized spacial score (nSPS) is 11.3. The smallest absolute Gasteiger partial charge is 0.414 e. The zero-order chi connectivity index (χ0) is 19.6. The van der Waals surface area contributed by atoms with Gasteiger partial charge in [0.15, 0.2) is 11.5 Å². The van der Waals surface area contributed by atoms with E-state index in [1.165, 1.54) is 11.1 Å². The van der Waals surface area contributed by atoms with Gasteiger partial charge in [-0.15, -0.1) is 0 Å². The largest absolute Gasteiger partial charge is 0.497 e. The van der Waals surface area contributed by atoms with Gasteiger partial charge >= 0.3 is 11.9 Å². The van der Waals surface area contributed by atoms with Crippen LogP contribution >= 0.6 is 0 Å². The number of hydrogen-bond acceptors (Lipinski definition) is 6. The quantitative estimate of drug-likeness (QED) is 0.518. The highest BCUT2D eigenvalue weighted by atomic mass is 16.7. The molecular weight excluding hydrogens is 354 g/mol. The number of benzene rings is 2. The van der Waals surface area contributed by atoms with Gasteiger partial charge in [0, 0.05) is 6.54 Å². The van der Waals surface area contributed by atoms with E-state index in [-0.39, 0.29) is 0 Å². The first-order valence-corrected chi connectivity index (χ1v) is 8.18. The van der Waals surface area contributed by atoms with Gasteiger partial charge in [0.2, 0.25) is 6.79 Å². The van der Waals surface area contributed by atoms with E-state index in [0.717, 1.165) is 36.8 Å². The first kappa shape index (κ1) is 20.1. The van der Waals surface area contributed by atoms with Gasteiger partial charge in [-0.2, -0.15) is 0 Å². The lowest BCUT2D eigenvalue weighted by atomic mass is 10.1. The summed E-state index contributed by atoms with van der Waals surface area (Å²) in [6.45, 7) is 2.07. The predicted octanol–water partition coefficient (Wildman–Crippen LogP) is 1.91. The van der Waals surface area contributed by atoms with Crippen LogP contribution in [0.2, 0.25) is 0 Å². The summed E-state index contributed by atoms with van der Waals surface area (Å²) >= 11 is 0. The number of carboxylic acids is 2. The Morgan fingerprint density at radius 1 is 1.04 bits per heavy atom. The highest BCUT2D eigenvalue weighted by Gasteiger charge is 2.12. The molecule has 3 rings (SSSR count). The molecule has 0 saturated carbocycles. The van der Waals surface area contributed by atoms with E-state index in [1.807, 2.05) is 24.3 Å². The molecule has 0 bridgehead atoms. The number of hydrogen-bond donors (Lipinski definition) is 3. The first-order valence-electron chi connectivity index (χ1n) is 8.18. The van der Waals surface area contributed by atoms with Crippen LogP contribution in [0.15, 0.2) is 42.5 Å². The minimum absolute atomic E-state index is 0.326. The van der Waals surface area contributed by atoms with Gasteiger partial charge in [-0.1, -0.05) is 18.2 Å². The summed E-state index contributed by atoms with van der Waals surface area (Å²) in [5.41, 5.74) is 2.47. The molecule has 1 heterocycles. The number of carboxylic acid groups (broad SMARTS) is 2. The molecule has 0 unspecified atom stereocenters. The molecule has 0 amide bonds. The maximum atomic E-state index is 9.10. The van der Waals surface area contributed by atoms with Crippen LogP contribution in [0.5, 0.6) is 17.2 Å². The molecule has 1 aliphatic heterocycles. The van der Waals surface area contributed by atoms with Crippen molar-refractivity contribution in [1.82, 2.24) is 5.32 Å². The summed E-state index contributed by atoms with van der Waals surface area (Å²) in [5.74, 6) is -1.07. The number of fused-ring (bicyclic) bond motifs is 1. The van der Waals surface area contributed by atoms with Gasteiger partial charge in [0.1, 0.15) is 5.75 Å². The molecule has 2 aromatic rings. The van der Waals surface area contributed by atoms with E-state index in [0.29, 0.717) is 6.79 Å². The van der Waals surface area contributed by atoms with E-state index in [4.69, 9.17) is 34.0 Å². The summed E-state index contributed by atoms with van der Waals surface area (Å²) in [7, 11) is 1.69. The maximum Gasteiger partial charge on any atom is 0.414 e. The first-order chi connectivity index (χ1) is 13.0. The molecule has 144 valence electrons. The monoisotopic (exact) mass is 375 g/mol. The topological polar surface area (TPSA) is 114 Å². The van der Waals surface area contributed by atoms with Crippen LogP contribution in [0, 0.1) is 0 Å². The Hall–Kier alpha value is -3.26. The lowest BCUT2D eigenvalue weighted by Crippen LogP contribution is -2.16. The Kier molecular flexibility index (Phi) is 7.45. The Morgan fingerprint density at radius 2 is 1.78 bits per heavy atom. The fourth-order valence-corrected chi connectivity index (χ4v) is 2.34. The highest BCUT2D eigenvalue weighted by molar-refractivity contribution is 6.27. The number of nitrogens with one attached hydrogen (secondary N) is 1. The van der Waals surface area contributed by atoms with Crippen LogP contribution < -0.4 is 19.5 Å². The average molecular weight is 375 g/mol. The molecule has 0 spiro atoms. The van der Waals surface area contributed by atoms with Crippen molar-refractivity contribution in [1.29, 1.82) is 0 Å². The summed E-state index contributed by atoms with van der Waals surface area (Å²) in [6, 6.07) is 14.2. The second kappa shape index (κ2) is 10.0. The second-order valence-electron chi connectivity index (χ2n) is 5.58. The van der Waals surface area contributed by atoms with Gasteiger partial charge in [-0.3, -0.25) is 0 Å². The maximum absolute atomic E-state index is 9.10. The van der Waals surface area contributed by atoms with Crippen molar-refractivity contribution in [2.24, 2.45) is 0 Å². The summed E-state index contributed by atoms with van der Waals surface area (Å²) in [6.07, 6.45) is 0.959. The number of aliphatic carboxylic acids is 2. The summed E-state index contributed by atoms with van der Waals surface area (Å²) in [4.78, 5) is 18.2. The Labute approximate surface area is 156 Å². The number of ether oxygens (including phenoxy) is 3. The molecule has 0 aliphatic carbocycles. The summed E-state index contributed by atoms with van der Waals surface area (Å²) in [5, 5.41) is 18.2. The van der Waals surface area contributed by atoms with Crippen LogP contribution in [-0.4, -0.2) is 42.6 Å². The second-order valence-corrected chi connectivity index (χ2v) is 5.58. The van der Waals surface area contributed by atoms with Crippen LogP contribution in [0.25, 0.3) is 0 Å². The average Bonchev–Trinajstić information content (AvgIpc) is 3.13. The minimum atomic E-state index is -1.82. The molecule has 27 heavy (non-hydrogen) atoms. The van der Waals surface area contributed by atoms with Crippen molar-refractivity contribution in [2.45, 2.75) is 13.0 Å². The van der Waals surface area contributed by atoms with Crippen molar-refractivity contribution in [3.63, 3.8) is 0 Å². The molecule has 8 heteroatoms. The molecule has 0 saturated heterocycles. The Balaban J connectivity index is 0.000000380. The van der Waals surface area contributed by atoms with Crippen molar-refractivity contribution in [3.8, 4) is 17.2 Å². The van der Waals surface area contributed by atoms with Crippen LogP contribution in [-0.2, 0) is 22.6 Å². The van der Waals surface area contributed by atoms with Crippen molar-refractivity contribution in [3.05, 3.63) is 53.6 Å². The van der Waals surface area contributed by atoms with Gasteiger partial charge in [-0.05, 0) is 48.4 Å². The SMILES string of the molecule is COc1cccc(CNCCc2ccc3c(c2)OCO3)c1.O=C(O)C(=O)O. The predicted molar refractivity (Wildman–Crippen MR) is 96.2 cm³/mol. The van der Waals surface area contributed by atoms with Gasteiger partial charge < -0.3 is 29.7 Å². The number of methoxy groups -OCH3 is 1. The Morgan fingerprint density at radius 3 is 2.48 bits per heavy atom. The molecular formula is C19H21NO7. The van der Waals surface area contributed by atoms with E-state index in [2.05, 4.69) is 23.5 Å². The number of carbonyl (C=O) groups is 2. The fraction of sp³-hybridized carbons (Fsp3) is 0.263. The van der Waals surface area contributed by atoms with Crippen LogP contribution in [0.1, 0.15) is 11.1 Å². The van der Waals surface area contributed by atoms with Crippen molar-refractivity contribution >= 4 is 11.9 Å². The molecule has 0 aromatic heterocycles. The molecule has 8 nitrogen and oxygen atoms in total. The van der Waals surface area contributed by atoms with Crippen molar-refractivity contribution in [2.75, 3.05) is 20.4 Å². The standard InChI is InChI=1S/C17H19NO3.C2H2O4/c1-19-15-4-2-3-14(9-15)11-18-8-7-13-5-6-16-17(10-13)21-12-20-16;3-1(4)2(5)6/h2-6,9-10,18H,7-8,11-12H2,1H3;(H,3,4)(H,5,6). The van der Waals surface area contributed by atoms with Gasteiger partial charge in [0.25, 0.3) is 0 Å². The third-order valence-electron chi connectivity index (χ3n) is 3.67. The molecule has 3 N–H and O–H groups in total. The van der Waals surface area contributed by atoms with Gasteiger partial charge in [0.05, 0.1) is 7.11 Å². The van der Waals surface area contributed by atoms with E-state index >= 15 is 0 Å². The highest BCUT2D eigenvalue weighted by Crippen LogP contribution is 2.32. The lowest BCUT2D eigenvalue weighted by molar-refractivity contribution is -0.159. The fourth-order valence-electron chi connectivity index (χ4n) is 2.34. The number of rotatable bonds is 6. The molecule has 0 fully saturated rings.